The molecule has 1 aromatic heterocycles. The lowest BCUT2D eigenvalue weighted by atomic mass is 10.1. The molecular weight excluding hydrogens is 282 g/mol. The van der Waals surface area contributed by atoms with Crippen LogP contribution in [0.4, 0.5) is 0 Å². The van der Waals surface area contributed by atoms with Crippen LogP contribution in [0.25, 0.3) is 0 Å². The molecule has 1 N–H and O–H groups in total. The van der Waals surface area contributed by atoms with E-state index in [2.05, 4.69) is 9.71 Å². The van der Waals surface area contributed by atoms with E-state index in [1.165, 1.54) is 11.3 Å². The fourth-order valence-corrected chi connectivity index (χ4v) is 3.29. The minimum atomic E-state index is -3.48. The van der Waals surface area contributed by atoms with Crippen LogP contribution < -0.4 is 4.72 Å². The SMILES string of the molecule is N#Cc1ccccc1CS(=O)(=O)NCc1nccs1. The van der Waals surface area contributed by atoms with E-state index in [0.29, 0.717) is 16.1 Å². The van der Waals surface area contributed by atoms with Gasteiger partial charge in [-0.3, -0.25) is 0 Å². The number of nitrogens with one attached hydrogen (secondary N) is 1. The van der Waals surface area contributed by atoms with Crippen molar-refractivity contribution in [1.29, 1.82) is 5.26 Å². The van der Waals surface area contributed by atoms with E-state index in [-0.39, 0.29) is 12.3 Å². The Morgan fingerprint density at radius 2 is 2.16 bits per heavy atom. The van der Waals surface area contributed by atoms with Crippen molar-refractivity contribution in [2.24, 2.45) is 0 Å². The van der Waals surface area contributed by atoms with Crippen LogP contribution in [0.5, 0.6) is 0 Å². The van der Waals surface area contributed by atoms with Crippen molar-refractivity contribution >= 4 is 21.4 Å². The molecule has 5 nitrogen and oxygen atoms in total. The highest BCUT2D eigenvalue weighted by Gasteiger charge is 2.14. The smallest absolute Gasteiger partial charge is 0.216 e. The molecule has 0 atom stereocenters. The number of thiazole rings is 1. The van der Waals surface area contributed by atoms with Gasteiger partial charge >= 0.3 is 0 Å². The largest absolute Gasteiger partial charge is 0.248 e. The van der Waals surface area contributed by atoms with Gasteiger partial charge in [-0.1, -0.05) is 18.2 Å². The summed E-state index contributed by atoms with van der Waals surface area (Å²) in [5.74, 6) is -0.206. The molecule has 0 aliphatic heterocycles. The maximum Gasteiger partial charge on any atom is 0.216 e. The number of nitrogens with zero attached hydrogens (tertiary/aromatic N) is 2. The van der Waals surface area contributed by atoms with Crippen molar-refractivity contribution in [3.8, 4) is 6.07 Å². The van der Waals surface area contributed by atoms with Gasteiger partial charge in [-0.15, -0.1) is 11.3 Å². The molecular formula is C12H11N3O2S2. The quantitative estimate of drug-likeness (QED) is 0.908. The van der Waals surface area contributed by atoms with Crippen LogP contribution in [0.2, 0.25) is 0 Å². The molecule has 1 heterocycles. The van der Waals surface area contributed by atoms with Crippen molar-refractivity contribution in [2.75, 3.05) is 0 Å². The molecule has 0 unspecified atom stereocenters. The Morgan fingerprint density at radius 1 is 1.37 bits per heavy atom. The summed E-state index contributed by atoms with van der Waals surface area (Å²) in [7, 11) is -3.48. The zero-order valence-electron chi connectivity index (χ0n) is 9.91. The van der Waals surface area contributed by atoms with Crippen LogP contribution in [-0.2, 0) is 22.3 Å². The van der Waals surface area contributed by atoms with Crippen molar-refractivity contribution < 1.29 is 8.42 Å². The maximum atomic E-state index is 11.9. The van der Waals surface area contributed by atoms with Crippen LogP contribution in [0.15, 0.2) is 35.8 Å². The number of nitriles is 1. The van der Waals surface area contributed by atoms with Gasteiger partial charge in [0.15, 0.2) is 0 Å². The highest BCUT2D eigenvalue weighted by atomic mass is 32.2. The average Bonchev–Trinajstić information content (AvgIpc) is 2.90. The fourth-order valence-electron chi connectivity index (χ4n) is 1.52. The summed E-state index contributed by atoms with van der Waals surface area (Å²) in [5, 5.41) is 11.4. The standard InChI is InChI=1S/C12H11N3O2S2/c13-7-10-3-1-2-4-11(10)9-19(16,17)15-8-12-14-5-6-18-12/h1-6,15H,8-9H2. The highest BCUT2D eigenvalue weighted by Crippen LogP contribution is 2.11. The minimum Gasteiger partial charge on any atom is -0.248 e. The van der Waals surface area contributed by atoms with E-state index in [4.69, 9.17) is 5.26 Å². The Morgan fingerprint density at radius 3 is 2.84 bits per heavy atom. The van der Waals surface area contributed by atoms with Crippen LogP contribution in [0.3, 0.4) is 0 Å². The predicted molar refractivity (Wildman–Crippen MR) is 72.7 cm³/mol. The summed E-state index contributed by atoms with van der Waals surface area (Å²) < 4.78 is 26.3. The van der Waals surface area contributed by atoms with Gasteiger partial charge in [0.05, 0.1) is 23.9 Å². The molecule has 0 fully saturated rings. The summed E-state index contributed by atoms with van der Waals surface area (Å²) in [6.07, 6.45) is 1.62. The summed E-state index contributed by atoms with van der Waals surface area (Å²) >= 11 is 1.39. The first kappa shape index (κ1) is 13.7. The van der Waals surface area contributed by atoms with E-state index < -0.39 is 10.0 Å². The summed E-state index contributed by atoms with van der Waals surface area (Å²) in [5.41, 5.74) is 0.874. The number of hydrogen-bond donors (Lipinski definition) is 1. The molecule has 1 aromatic carbocycles. The van der Waals surface area contributed by atoms with Crippen LogP contribution in [0, 0.1) is 11.3 Å². The second-order valence-corrected chi connectivity index (χ2v) is 6.56. The zero-order chi connectivity index (χ0) is 13.7. The van der Waals surface area contributed by atoms with Gasteiger partial charge in [-0.2, -0.15) is 5.26 Å². The molecule has 98 valence electrons. The Kier molecular flexibility index (Phi) is 4.27. The van der Waals surface area contributed by atoms with Crippen LogP contribution in [0.1, 0.15) is 16.1 Å². The Labute approximate surface area is 115 Å². The number of benzene rings is 1. The molecule has 2 aromatic rings. The zero-order valence-corrected chi connectivity index (χ0v) is 11.5. The molecule has 19 heavy (non-hydrogen) atoms. The van der Waals surface area contributed by atoms with Crippen molar-refractivity contribution in [3.05, 3.63) is 52.0 Å². The van der Waals surface area contributed by atoms with Crippen molar-refractivity contribution in [3.63, 3.8) is 0 Å². The first-order valence-corrected chi connectivity index (χ1v) is 7.97. The number of hydrogen-bond acceptors (Lipinski definition) is 5. The molecule has 0 spiro atoms. The lowest BCUT2D eigenvalue weighted by Crippen LogP contribution is -2.24. The topological polar surface area (TPSA) is 82.8 Å². The van der Waals surface area contributed by atoms with Gasteiger partial charge in [0, 0.05) is 11.6 Å². The minimum absolute atomic E-state index is 0.175. The lowest BCUT2D eigenvalue weighted by Gasteiger charge is -2.06. The van der Waals surface area contributed by atoms with Gasteiger partial charge in [-0.05, 0) is 11.6 Å². The molecule has 0 aliphatic carbocycles. The summed E-state index contributed by atoms with van der Waals surface area (Å²) in [4.78, 5) is 4.00. The number of sulfonamides is 1. The normalized spacial score (nSPS) is 11.1. The fraction of sp³-hybridized carbons (Fsp3) is 0.167. The Balaban J connectivity index is 2.07. The third-order valence-electron chi connectivity index (χ3n) is 2.41. The first-order chi connectivity index (χ1) is 9.11. The number of aromatic nitrogens is 1. The van der Waals surface area contributed by atoms with E-state index in [1.54, 1.807) is 35.8 Å². The van der Waals surface area contributed by atoms with Gasteiger partial charge < -0.3 is 0 Å². The second kappa shape index (κ2) is 5.93. The number of rotatable bonds is 5. The Hall–Kier alpha value is -1.75. The van der Waals surface area contributed by atoms with Crippen LogP contribution >= 0.6 is 11.3 Å². The maximum absolute atomic E-state index is 11.9. The molecule has 0 saturated carbocycles. The molecule has 0 bridgehead atoms. The monoisotopic (exact) mass is 293 g/mol. The molecule has 7 heteroatoms. The molecule has 0 saturated heterocycles. The Bertz CT molecular complexity index is 688. The van der Waals surface area contributed by atoms with E-state index in [1.807, 2.05) is 6.07 Å². The third-order valence-corrected chi connectivity index (χ3v) is 4.46. The predicted octanol–water partition coefficient (Wildman–Crippen LogP) is 1.63. The van der Waals surface area contributed by atoms with Gasteiger partial charge in [0.1, 0.15) is 5.01 Å². The molecule has 2 rings (SSSR count). The molecule has 0 radical (unpaired) electrons. The first-order valence-electron chi connectivity index (χ1n) is 5.44. The van der Waals surface area contributed by atoms with Gasteiger partial charge in [-0.25, -0.2) is 18.1 Å². The second-order valence-electron chi connectivity index (χ2n) is 3.77. The third kappa shape index (κ3) is 3.86. The van der Waals surface area contributed by atoms with E-state index in [0.717, 1.165) is 0 Å². The van der Waals surface area contributed by atoms with Crippen LogP contribution in [-0.4, -0.2) is 13.4 Å². The molecule has 0 aliphatic rings. The van der Waals surface area contributed by atoms with Gasteiger partial charge in [0.25, 0.3) is 0 Å². The van der Waals surface area contributed by atoms with E-state index >= 15 is 0 Å². The molecule has 0 amide bonds. The van der Waals surface area contributed by atoms with Crippen molar-refractivity contribution in [1.82, 2.24) is 9.71 Å². The van der Waals surface area contributed by atoms with E-state index in [9.17, 15) is 8.42 Å². The average molecular weight is 293 g/mol. The van der Waals surface area contributed by atoms with Crippen molar-refractivity contribution in [2.45, 2.75) is 12.3 Å². The van der Waals surface area contributed by atoms with Gasteiger partial charge in [0.2, 0.25) is 10.0 Å². The lowest BCUT2D eigenvalue weighted by molar-refractivity contribution is 0.580. The highest BCUT2D eigenvalue weighted by molar-refractivity contribution is 7.88. The summed E-state index contributed by atoms with van der Waals surface area (Å²) in [6, 6.07) is 8.65. The summed E-state index contributed by atoms with van der Waals surface area (Å²) in [6.45, 7) is 0.175.